The number of hydrogen-bond donors (Lipinski definition) is 1. The molecule has 1 atom stereocenters. The molecule has 0 saturated heterocycles. The van der Waals surface area contributed by atoms with Crippen molar-refractivity contribution in [2.75, 3.05) is 14.2 Å². The lowest BCUT2D eigenvalue weighted by Crippen LogP contribution is -2.32. The molecule has 0 aliphatic rings. The van der Waals surface area contributed by atoms with Gasteiger partial charge in [0.05, 0.1) is 25.8 Å². The van der Waals surface area contributed by atoms with E-state index in [1.54, 1.807) is 31.6 Å². The van der Waals surface area contributed by atoms with Crippen molar-refractivity contribution in [2.45, 2.75) is 45.4 Å². The van der Waals surface area contributed by atoms with E-state index in [9.17, 15) is 4.79 Å². The van der Waals surface area contributed by atoms with Crippen molar-refractivity contribution in [1.29, 1.82) is 0 Å². The second-order valence-corrected chi connectivity index (χ2v) is 10.4. The van der Waals surface area contributed by atoms with E-state index in [0.29, 0.717) is 42.2 Å². The van der Waals surface area contributed by atoms with Crippen molar-refractivity contribution in [1.82, 2.24) is 30.1 Å². The Morgan fingerprint density at radius 2 is 1.82 bits per heavy atom. The highest BCUT2D eigenvalue weighted by atomic mass is 32.1. The van der Waals surface area contributed by atoms with Gasteiger partial charge in [0.2, 0.25) is 0 Å². The van der Waals surface area contributed by atoms with Gasteiger partial charge in [-0.05, 0) is 52.4 Å². The molecule has 10 heteroatoms. The Bertz CT molecular complexity index is 1570. The smallest absolute Gasteiger partial charge is 0.252 e. The van der Waals surface area contributed by atoms with Crippen LogP contribution in [0.3, 0.4) is 0 Å². The van der Waals surface area contributed by atoms with Crippen molar-refractivity contribution in [2.24, 2.45) is 0 Å². The molecule has 1 N–H and O–H groups in total. The van der Waals surface area contributed by atoms with E-state index >= 15 is 0 Å². The minimum Gasteiger partial charge on any atom is -0.493 e. The summed E-state index contributed by atoms with van der Waals surface area (Å²) in [5.74, 6) is 1.98. The monoisotopic (exact) mass is 544 g/mol. The maximum absolute atomic E-state index is 13.3. The molecule has 5 rings (SSSR count). The van der Waals surface area contributed by atoms with Gasteiger partial charge in [-0.25, -0.2) is 4.68 Å². The Balaban J connectivity index is 1.47. The van der Waals surface area contributed by atoms with E-state index in [0.717, 1.165) is 24.1 Å². The summed E-state index contributed by atoms with van der Waals surface area (Å²) < 4.78 is 12.8. The van der Waals surface area contributed by atoms with Gasteiger partial charge in [-0.2, -0.15) is 0 Å². The molecule has 5 aromatic rings. The number of methoxy groups -OCH3 is 2. The van der Waals surface area contributed by atoms with E-state index in [-0.39, 0.29) is 11.6 Å². The first-order valence-electron chi connectivity index (χ1n) is 12.9. The number of ether oxygens (including phenoxy) is 2. The summed E-state index contributed by atoms with van der Waals surface area (Å²) in [6, 6.07) is 20.0. The molecule has 9 nitrogen and oxygen atoms in total. The lowest BCUT2D eigenvalue weighted by molar-refractivity contribution is 0.162. The second kappa shape index (κ2) is 12.2. The molecule has 0 spiro atoms. The second-order valence-electron chi connectivity index (χ2n) is 9.32. The molecule has 0 aliphatic carbocycles. The van der Waals surface area contributed by atoms with Crippen LogP contribution in [0.25, 0.3) is 10.9 Å². The van der Waals surface area contributed by atoms with Crippen LogP contribution in [0.1, 0.15) is 41.2 Å². The van der Waals surface area contributed by atoms with Crippen LogP contribution in [-0.4, -0.2) is 44.3 Å². The maximum atomic E-state index is 13.3. The number of hydrogen-bond acceptors (Lipinski definition) is 8. The summed E-state index contributed by atoms with van der Waals surface area (Å²) in [6.45, 7) is 3.91. The van der Waals surface area contributed by atoms with Crippen LogP contribution < -0.4 is 15.0 Å². The molecule has 0 unspecified atom stereocenters. The highest BCUT2D eigenvalue weighted by molar-refractivity contribution is 7.09. The number of tetrazole rings is 1. The average Bonchev–Trinajstić information content (AvgIpc) is 3.65. The third-order valence-electron chi connectivity index (χ3n) is 6.88. The molecular formula is C29H32N6O3S. The number of nitrogens with zero attached hydrogens (tertiary/aromatic N) is 5. The van der Waals surface area contributed by atoms with Crippen molar-refractivity contribution in [3.05, 3.63) is 98.2 Å². The number of aromatic amines is 1. The number of fused-ring (bicyclic) bond motifs is 1. The fourth-order valence-electron chi connectivity index (χ4n) is 4.89. The molecule has 39 heavy (non-hydrogen) atoms. The zero-order chi connectivity index (χ0) is 27.2. The summed E-state index contributed by atoms with van der Waals surface area (Å²) >= 11 is 1.70. The van der Waals surface area contributed by atoms with Gasteiger partial charge < -0.3 is 14.5 Å². The normalized spacial score (nSPS) is 12.2. The van der Waals surface area contributed by atoms with E-state index < -0.39 is 0 Å². The summed E-state index contributed by atoms with van der Waals surface area (Å²) in [7, 11) is 3.18. The molecular weight excluding hydrogens is 512 g/mol. The lowest BCUT2D eigenvalue weighted by Gasteiger charge is -2.30. The number of H-pyrrole nitrogens is 1. The molecule has 0 fully saturated rings. The Hall–Kier alpha value is -4.02. The summed E-state index contributed by atoms with van der Waals surface area (Å²) in [5.41, 5.74) is 2.46. The van der Waals surface area contributed by atoms with Gasteiger partial charge >= 0.3 is 0 Å². The summed E-state index contributed by atoms with van der Waals surface area (Å²) in [5, 5.41) is 15.7. The van der Waals surface area contributed by atoms with Gasteiger partial charge in [-0.15, -0.1) is 16.4 Å². The molecule has 0 radical (unpaired) electrons. The van der Waals surface area contributed by atoms with E-state index in [1.165, 1.54) is 10.4 Å². The van der Waals surface area contributed by atoms with Crippen LogP contribution in [0.15, 0.2) is 70.8 Å². The van der Waals surface area contributed by atoms with Gasteiger partial charge in [0.25, 0.3) is 5.56 Å². The number of benzene rings is 2. The summed E-state index contributed by atoms with van der Waals surface area (Å²) in [6.07, 6.45) is 1.61. The van der Waals surface area contributed by atoms with Gasteiger partial charge in [-0.1, -0.05) is 43.3 Å². The van der Waals surface area contributed by atoms with Crippen LogP contribution in [0.2, 0.25) is 0 Å². The third-order valence-corrected chi connectivity index (χ3v) is 7.74. The average molecular weight is 545 g/mol. The van der Waals surface area contributed by atoms with Crippen LogP contribution in [0.4, 0.5) is 0 Å². The predicted molar refractivity (Wildman–Crippen MR) is 152 cm³/mol. The van der Waals surface area contributed by atoms with Crippen LogP contribution >= 0.6 is 11.3 Å². The highest BCUT2D eigenvalue weighted by Crippen LogP contribution is 2.32. The Labute approximate surface area is 231 Å². The first kappa shape index (κ1) is 26.6. The number of pyridine rings is 1. The van der Waals surface area contributed by atoms with Crippen molar-refractivity contribution in [3.63, 3.8) is 0 Å². The van der Waals surface area contributed by atoms with E-state index in [2.05, 4.69) is 55.9 Å². The first-order chi connectivity index (χ1) is 19.1. The fourth-order valence-corrected chi connectivity index (χ4v) is 5.62. The van der Waals surface area contributed by atoms with Crippen molar-refractivity contribution >= 4 is 22.2 Å². The van der Waals surface area contributed by atoms with Gasteiger partial charge in [0.15, 0.2) is 17.3 Å². The van der Waals surface area contributed by atoms with Gasteiger partial charge in [0, 0.05) is 41.5 Å². The SMILES string of the molecule is CC[C@@H](c1nnnn1CCc1ccccc1)N(Cc1cccs1)Cc1cc2cc(OC)c(OC)cc2[nH]c1=O. The molecule has 0 bridgehead atoms. The predicted octanol–water partition coefficient (Wildman–Crippen LogP) is 4.99. The van der Waals surface area contributed by atoms with Crippen molar-refractivity contribution < 1.29 is 9.47 Å². The molecule has 0 amide bonds. The van der Waals surface area contributed by atoms with Crippen LogP contribution in [0, 0.1) is 0 Å². The number of thiophene rings is 1. The minimum atomic E-state index is -0.135. The fraction of sp³-hybridized carbons (Fsp3) is 0.310. The molecule has 0 saturated carbocycles. The van der Waals surface area contributed by atoms with Gasteiger partial charge in [-0.3, -0.25) is 9.69 Å². The zero-order valence-corrected chi connectivity index (χ0v) is 23.1. The van der Waals surface area contributed by atoms with Gasteiger partial charge in [0.1, 0.15) is 0 Å². The Morgan fingerprint density at radius 3 is 2.54 bits per heavy atom. The largest absolute Gasteiger partial charge is 0.493 e. The van der Waals surface area contributed by atoms with Crippen molar-refractivity contribution in [3.8, 4) is 11.5 Å². The molecule has 2 aromatic carbocycles. The molecule has 202 valence electrons. The number of rotatable bonds is 12. The number of aromatic nitrogens is 5. The van der Waals surface area contributed by atoms with Crippen LogP contribution in [0.5, 0.6) is 11.5 Å². The topological polar surface area (TPSA) is 98.2 Å². The Morgan fingerprint density at radius 1 is 1.03 bits per heavy atom. The third kappa shape index (κ3) is 6.02. The quantitative estimate of drug-likeness (QED) is 0.236. The number of aryl methyl sites for hydroxylation is 2. The molecule has 3 aromatic heterocycles. The maximum Gasteiger partial charge on any atom is 0.252 e. The number of nitrogens with one attached hydrogen (secondary N) is 1. The van der Waals surface area contributed by atoms with Crippen LogP contribution in [-0.2, 0) is 26.1 Å². The standard InChI is InChI=1S/C29H32N6O3S/c1-4-25(28-31-32-33-35(28)13-12-20-9-6-5-7-10-20)34(19-23-11-8-14-39-23)18-22-15-21-16-26(37-2)27(38-3)17-24(21)30-29(22)36/h5-11,14-17,25H,4,12-13,18-19H2,1-3H3,(H,30,36)/t25-/m0/s1. The zero-order valence-electron chi connectivity index (χ0n) is 22.3. The molecule has 0 aliphatic heterocycles. The summed E-state index contributed by atoms with van der Waals surface area (Å²) in [4.78, 5) is 19.8. The Kier molecular flexibility index (Phi) is 8.33. The highest BCUT2D eigenvalue weighted by Gasteiger charge is 2.26. The first-order valence-corrected chi connectivity index (χ1v) is 13.8. The van der Waals surface area contributed by atoms with E-state index in [1.807, 2.05) is 41.1 Å². The molecule has 3 heterocycles. The minimum absolute atomic E-state index is 0.0848. The lowest BCUT2D eigenvalue weighted by atomic mass is 10.1. The van der Waals surface area contributed by atoms with E-state index in [4.69, 9.17) is 9.47 Å².